The van der Waals surface area contributed by atoms with Crippen LogP contribution in [0.25, 0.3) is 22.3 Å². The molecule has 2 aromatic heterocycles. The first-order valence-electron chi connectivity index (χ1n) is 7.79. The molecule has 4 rings (SSSR count). The lowest BCUT2D eigenvalue weighted by Gasteiger charge is -2.07. The van der Waals surface area contributed by atoms with Crippen molar-refractivity contribution in [1.29, 1.82) is 0 Å². The number of nitrogens with zero attached hydrogens (tertiary/aromatic N) is 3. The van der Waals surface area contributed by atoms with Crippen molar-refractivity contribution in [3.63, 3.8) is 0 Å². The normalized spacial score (nSPS) is 10.7. The van der Waals surface area contributed by atoms with Crippen LogP contribution in [-0.2, 0) is 11.2 Å². The van der Waals surface area contributed by atoms with E-state index in [4.69, 9.17) is 4.98 Å². The minimum Gasteiger partial charge on any atom is -0.302 e. The molecular formula is C19H14N4OS. The molecule has 122 valence electrons. The standard InChI is InChI=1S/C19H14N4OS/c24-17(23-19-20-9-10-25-19)11-14-7-4-8-15-18(14)22-16(12-21-15)13-5-2-1-3-6-13/h1-10,12H,11H2,(H,20,23,24). The average Bonchev–Trinajstić information content (AvgIpc) is 3.15. The number of hydrogen-bond acceptors (Lipinski definition) is 5. The van der Waals surface area contributed by atoms with E-state index >= 15 is 0 Å². The van der Waals surface area contributed by atoms with Gasteiger partial charge < -0.3 is 5.32 Å². The van der Waals surface area contributed by atoms with Crippen LogP contribution >= 0.6 is 11.3 Å². The summed E-state index contributed by atoms with van der Waals surface area (Å²) in [5, 5.41) is 5.22. The number of hydrogen-bond donors (Lipinski definition) is 1. The summed E-state index contributed by atoms with van der Waals surface area (Å²) in [5.74, 6) is -0.116. The summed E-state index contributed by atoms with van der Waals surface area (Å²) in [7, 11) is 0. The first-order chi connectivity index (χ1) is 12.3. The lowest BCUT2D eigenvalue weighted by Crippen LogP contribution is -2.14. The van der Waals surface area contributed by atoms with Gasteiger partial charge in [0.15, 0.2) is 5.13 Å². The Kier molecular flexibility index (Phi) is 4.18. The van der Waals surface area contributed by atoms with Gasteiger partial charge in [-0.15, -0.1) is 11.3 Å². The molecule has 0 aliphatic carbocycles. The first-order valence-corrected chi connectivity index (χ1v) is 8.67. The summed E-state index contributed by atoms with van der Waals surface area (Å²) < 4.78 is 0. The zero-order valence-corrected chi connectivity index (χ0v) is 14.0. The minimum atomic E-state index is -0.116. The van der Waals surface area contributed by atoms with Crippen LogP contribution in [0.4, 0.5) is 5.13 Å². The Morgan fingerprint density at radius 1 is 1.04 bits per heavy atom. The van der Waals surface area contributed by atoms with E-state index < -0.39 is 0 Å². The number of aromatic nitrogens is 3. The maximum atomic E-state index is 12.3. The molecule has 0 bridgehead atoms. The Hall–Kier alpha value is -3.12. The van der Waals surface area contributed by atoms with Gasteiger partial charge in [0.05, 0.1) is 29.3 Å². The van der Waals surface area contributed by atoms with Crippen LogP contribution < -0.4 is 5.32 Å². The van der Waals surface area contributed by atoms with Crippen LogP contribution in [0.3, 0.4) is 0 Å². The highest BCUT2D eigenvalue weighted by molar-refractivity contribution is 7.13. The third-order valence-corrected chi connectivity index (χ3v) is 4.44. The van der Waals surface area contributed by atoms with Gasteiger partial charge in [0.1, 0.15) is 0 Å². The second-order valence-corrected chi connectivity index (χ2v) is 6.36. The number of thiazole rings is 1. The van der Waals surface area contributed by atoms with Crippen LogP contribution in [0, 0.1) is 0 Å². The van der Waals surface area contributed by atoms with E-state index in [0.717, 1.165) is 27.9 Å². The van der Waals surface area contributed by atoms with Gasteiger partial charge in [0, 0.05) is 17.1 Å². The summed E-state index contributed by atoms with van der Waals surface area (Å²) >= 11 is 1.39. The number of nitrogens with one attached hydrogen (secondary N) is 1. The van der Waals surface area contributed by atoms with Gasteiger partial charge in [-0.3, -0.25) is 9.78 Å². The quantitative estimate of drug-likeness (QED) is 0.608. The fraction of sp³-hybridized carbons (Fsp3) is 0.0526. The van der Waals surface area contributed by atoms with Crippen molar-refractivity contribution in [2.45, 2.75) is 6.42 Å². The predicted octanol–water partition coefficient (Wildman–Crippen LogP) is 3.93. The monoisotopic (exact) mass is 346 g/mol. The third-order valence-electron chi connectivity index (χ3n) is 3.76. The van der Waals surface area contributed by atoms with E-state index in [1.807, 2.05) is 53.9 Å². The molecule has 0 aliphatic rings. The molecular weight excluding hydrogens is 332 g/mol. The van der Waals surface area contributed by atoms with E-state index in [0.29, 0.717) is 5.13 Å². The number of para-hydroxylation sites is 1. The van der Waals surface area contributed by atoms with E-state index in [9.17, 15) is 4.79 Å². The Morgan fingerprint density at radius 2 is 1.92 bits per heavy atom. The van der Waals surface area contributed by atoms with Gasteiger partial charge in [-0.2, -0.15) is 0 Å². The highest BCUT2D eigenvalue weighted by Gasteiger charge is 2.11. The third kappa shape index (κ3) is 3.39. The zero-order valence-electron chi connectivity index (χ0n) is 13.2. The molecule has 1 amide bonds. The Morgan fingerprint density at radius 3 is 2.72 bits per heavy atom. The number of carbonyl (C=O) groups is 1. The van der Waals surface area contributed by atoms with Crippen molar-refractivity contribution < 1.29 is 4.79 Å². The molecule has 4 aromatic rings. The average molecular weight is 346 g/mol. The molecule has 2 heterocycles. The van der Waals surface area contributed by atoms with Crippen LogP contribution in [0.2, 0.25) is 0 Å². The first kappa shape index (κ1) is 15.4. The van der Waals surface area contributed by atoms with E-state index in [-0.39, 0.29) is 12.3 Å². The van der Waals surface area contributed by atoms with Gasteiger partial charge in [-0.05, 0) is 11.6 Å². The highest BCUT2D eigenvalue weighted by atomic mass is 32.1. The van der Waals surface area contributed by atoms with Gasteiger partial charge in [0.2, 0.25) is 5.91 Å². The predicted molar refractivity (Wildman–Crippen MR) is 99.4 cm³/mol. The molecule has 0 aliphatic heterocycles. The molecule has 0 unspecified atom stereocenters. The molecule has 0 spiro atoms. The smallest absolute Gasteiger partial charge is 0.230 e. The minimum absolute atomic E-state index is 0.116. The summed E-state index contributed by atoms with van der Waals surface area (Å²) in [6.07, 6.45) is 3.65. The molecule has 0 fully saturated rings. The van der Waals surface area contributed by atoms with E-state index in [2.05, 4.69) is 15.3 Å². The largest absolute Gasteiger partial charge is 0.302 e. The van der Waals surface area contributed by atoms with Crippen molar-refractivity contribution in [2.24, 2.45) is 0 Å². The van der Waals surface area contributed by atoms with Crippen molar-refractivity contribution in [3.05, 3.63) is 71.9 Å². The number of benzene rings is 2. The molecule has 1 N–H and O–H groups in total. The molecule has 6 heteroatoms. The van der Waals surface area contributed by atoms with Crippen molar-refractivity contribution in [1.82, 2.24) is 15.0 Å². The highest BCUT2D eigenvalue weighted by Crippen LogP contribution is 2.22. The maximum absolute atomic E-state index is 12.3. The Labute approximate surface area is 148 Å². The molecule has 5 nitrogen and oxygen atoms in total. The van der Waals surface area contributed by atoms with Crippen LogP contribution in [-0.4, -0.2) is 20.9 Å². The van der Waals surface area contributed by atoms with Crippen LogP contribution in [0.1, 0.15) is 5.56 Å². The van der Waals surface area contributed by atoms with Gasteiger partial charge in [-0.1, -0.05) is 42.5 Å². The van der Waals surface area contributed by atoms with Crippen LogP contribution in [0.5, 0.6) is 0 Å². The fourth-order valence-corrected chi connectivity index (χ4v) is 3.15. The van der Waals surface area contributed by atoms with Gasteiger partial charge in [0.25, 0.3) is 0 Å². The Bertz CT molecular complexity index is 1020. The van der Waals surface area contributed by atoms with Crippen molar-refractivity contribution in [3.8, 4) is 11.3 Å². The molecule has 0 saturated heterocycles. The number of fused-ring (bicyclic) bond motifs is 1. The molecule has 0 atom stereocenters. The Balaban J connectivity index is 1.67. The zero-order chi connectivity index (χ0) is 17.1. The number of rotatable bonds is 4. The summed E-state index contributed by atoms with van der Waals surface area (Å²) in [5.41, 5.74) is 4.16. The molecule has 0 radical (unpaired) electrons. The van der Waals surface area contributed by atoms with Crippen molar-refractivity contribution in [2.75, 3.05) is 5.32 Å². The van der Waals surface area contributed by atoms with E-state index in [1.54, 1.807) is 12.4 Å². The number of amides is 1. The lowest BCUT2D eigenvalue weighted by atomic mass is 10.1. The van der Waals surface area contributed by atoms with Gasteiger partial charge in [-0.25, -0.2) is 9.97 Å². The molecule has 2 aromatic carbocycles. The van der Waals surface area contributed by atoms with Gasteiger partial charge >= 0.3 is 0 Å². The van der Waals surface area contributed by atoms with Crippen LogP contribution in [0.15, 0.2) is 66.3 Å². The second-order valence-electron chi connectivity index (χ2n) is 5.47. The number of carbonyl (C=O) groups excluding carboxylic acids is 1. The lowest BCUT2D eigenvalue weighted by molar-refractivity contribution is -0.115. The molecule has 25 heavy (non-hydrogen) atoms. The topological polar surface area (TPSA) is 67.8 Å². The van der Waals surface area contributed by atoms with E-state index in [1.165, 1.54) is 11.3 Å². The summed E-state index contributed by atoms with van der Waals surface area (Å²) in [6, 6.07) is 15.6. The fourth-order valence-electron chi connectivity index (χ4n) is 2.60. The SMILES string of the molecule is O=C(Cc1cccc2ncc(-c3ccccc3)nc12)Nc1nccs1. The van der Waals surface area contributed by atoms with Crippen molar-refractivity contribution >= 4 is 33.4 Å². The number of anilines is 1. The molecule has 0 saturated carbocycles. The summed E-state index contributed by atoms with van der Waals surface area (Å²) in [6.45, 7) is 0. The maximum Gasteiger partial charge on any atom is 0.230 e. The second kappa shape index (κ2) is 6.78. The summed E-state index contributed by atoms with van der Waals surface area (Å²) in [4.78, 5) is 25.6.